The monoisotopic (exact) mass is 294 g/mol. The molecule has 2 aromatic rings. The Morgan fingerprint density at radius 3 is 3.00 bits per heavy atom. The highest BCUT2D eigenvalue weighted by Crippen LogP contribution is 2.16. The van der Waals surface area contributed by atoms with E-state index in [9.17, 15) is 0 Å². The molecule has 0 atom stereocenters. The van der Waals surface area contributed by atoms with E-state index in [-0.39, 0.29) is 0 Å². The zero-order valence-corrected chi connectivity index (χ0v) is 12.4. The summed E-state index contributed by atoms with van der Waals surface area (Å²) in [5.74, 6) is 1.50. The van der Waals surface area contributed by atoms with Gasteiger partial charge in [-0.15, -0.1) is 0 Å². The van der Waals surface area contributed by atoms with Crippen LogP contribution in [-0.4, -0.2) is 51.4 Å². The largest absolute Gasteiger partial charge is 0.393 e. The van der Waals surface area contributed by atoms with Crippen LogP contribution in [0.2, 0.25) is 0 Å². The molecule has 0 bridgehead atoms. The minimum atomic E-state index is 0.494. The van der Waals surface area contributed by atoms with Crippen molar-refractivity contribution in [2.75, 3.05) is 31.7 Å². The number of hydrogen-bond acceptors (Lipinski definition) is 6. The molecular weight excluding hydrogens is 276 g/mol. The summed E-state index contributed by atoms with van der Waals surface area (Å²) in [6, 6.07) is 1.97. The molecule has 0 unspecified atom stereocenters. The molecule has 0 fully saturated rings. The molecule has 0 radical (unpaired) electrons. The van der Waals surface area contributed by atoms with Crippen LogP contribution in [0, 0.1) is 6.92 Å². The first-order chi connectivity index (χ1) is 9.61. The van der Waals surface area contributed by atoms with E-state index < -0.39 is 0 Å². The van der Waals surface area contributed by atoms with Gasteiger partial charge in [0, 0.05) is 38.4 Å². The van der Waals surface area contributed by atoms with Crippen LogP contribution in [-0.2, 0) is 4.74 Å². The van der Waals surface area contributed by atoms with Crippen molar-refractivity contribution in [1.29, 1.82) is 0 Å². The van der Waals surface area contributed by atoms with Gasteiger partial charge in [0.1, 0.15) is 12.1 Å². The fourth-order valence-electron chi connectivity index (χ4n) is 1.92. The maximum absolute atomic E-state index is 5.60. The number of fused-ring (bicyclic) bond motifs is 1. The van der Waals surface area contributed by atoms with Crippen molar-refractivity contribution in [2.45, 2.75) is 13.3 Å². The number of aryl methyl sites for hydroxylation is 1. The SMILES string of the molecule is COCCN(CCC(N)=S)c1cc(C)nc2ncnn12. The fraction of sp³-hybridized carbons (Fsp3) is 0.500. The predicted octanol–water partition coefficient (Wildman–Crippen LogP) is 0.562. The first-order valence-electron chi connectivity index (χ1n) is 6.31. The Morgan fingerprint density at radius 2 is 2.30 bits per heavy atom. The third kappa shape index (κ3) is 3.40. The molecule has 2 aromatic heterocycles. The van der Waals surface area contributed by atoms with Crippen LogP contribution in [0.3, 0.4) is 0 Å². The summed E-state index contributed by atoms with van der Waals surface area (Å²) in [6.07, 6.45) is 2.13. The van der Waals surface area contributed by atoms with Gasteiger partial charge < -0.3 is 15.4 Å². The molecule has 8 heteroatoms. The molecule has 2 N–H and O–H groups in total. The number of nitrogens with zero attached hydrogens (tertiary/aromatic N) is 5. The molecule has 7 nitrogen and oxygen atoms in total. The highest BCUT2D eigenvalue weighted by atomic mass is 32.1. The van der Waals surface area contributed by atoms with E-state index in [1.165, 1.54) is 6.33 Å². The number of nitrogens with two attached hydrogens (primary N) is 1. The molecule has 0 saturated heterocycles. The molecule has 0 saturated carbocycles. The minimum absolute atomic E-state index is 0.494. The van der Waals surface area contributed by atoms with Crippen molar-refractivity contribution in [3.8, 4) is 0 Å². The van der Waals surface area contributed by atoms with Crippen molar-refractivity contribution in [1.82, 2.24) is 19.6 Å². The third-order valence-corrected chi connectivity index (χ3v) is 3.08. The summed E-state index contributed by atoms with van der Waals surface area (Å²) in [5.41, 5.74) is 6.48. The van der Waals surface area contributed by atoms with Crippen molar-refractivity contribution >= 4 is 28.8 Å². The molecular formula is C12H18N6OS. The number of hydrogen-bond donors (Lipinski definition) is 1. The Morgan fingerprint density at radius 1 is 1.50 bits per heavy atom. The summed E-state index contributed by atoms with van der Waals surface area (Å²) in [5, 5.41) is 4.21. The van der Waals surface area contributed by atoms with Crippen LogP contribution in [0.5, 0.6) is 0 Å². The minimum Gasteiger partial charge on any atom is -0.393 e. The van der Waals surface area contributed by atoms with Gasteiger partial charge in [-0.2, -0.15) is 14.6 Å². The van der Waals surface area contributed by atoms with Crippen LogP contribution >= 0.6 is 12.2 Å². The van der Waals surface area contributed by atoms with Crippen LogP contribution in [0.4, 0.5) is 5.82 Å². The zero-order valence-electron chi connectivity index (χ0n) is 11.6. The lowest BCUT2D eigenvalue weighted by Gasteiger charge is -2.24. The van der Waals surface area contributed by atoms with Crippen LogP contribution in [0.15, 0.2) is 12.4 Å². The molecule has 108 valence electrons. The number of rotatable bonds is 7. The van der Waals surface area contributed by atoms with Gasteiger partial charge in [-0.1, -0.05) is 12.2 Å². The molecule has 0 amide bonds. The first kappa shape index (κ1) is 14.6. The van der Waals surface area contributed by atoms with E-state index >= 15 is 0 Å². The molecule has 20 heavy (non-hydrogen) atoms. The molecule has 2 rings (SSSR count). The van der Waals surface area contributed by atoms with E-state index in [2.05, 4.69) is 20.0 Å². The Balaban J connectivity index is 2.33. The van der Waals surface area contributed by atoms with Gasteiger partial charge in [-0.05, 0) is 6.92 Å². The van der Waals surface area contributed by atoms with Gasteiger partial charge in [-0.25, -0.2) is 4.98 Å². The van der Waals surface area contributed by atoms with Gasteiger partial charge in [0.25, 0.3) is 5.78 Å². The number of anilines is 1. The van der Waals surface area contributed by atoms with E-state index in [1.54, 1.807) is 11.6 Å². The van der Waals surface area contributed by atoms with E-state index in [0.717, 1.165) is 18.1 Å². The Hall–Kier alpha value is -1.80. The number of aromatic nitrogens is 4. The number of methoxy groups -OCH3 is 1. The average molecular weight is 294 g/mol. The van der Waals surface area contributed by atoms with Gasteiger partial charge in [0.05, 0.1) is 11.6 Å². The van der Waals surface area contributed by atoms with Gasteiger partial charge in [0.15, 0.2) is 0 Å². The molecule has 0 spiro atoms. The molecule has 0 aliphatic heterocycles. The molecule has 0 aliphatic rings. The predicted molar refractivity (Wildman–Crippen MR) is 81.0 cm³/mol. The quantitative estimate of drug-likeness (QED) is 0.747. The molecule has 0 aliphatic carbocycles. The van der Waals surface area contributed by atoms with E-state index in [0.29, 0.717) is 30.3 Å². The van der Waals surface area contributed by atoms with Crippen molar-refractivity contribution < 1.29 is 4.74 Å². The smallest absolute Gasteiger partial charge is 0.254 e. The zero-order chi connectivity index (χ0) is 14.5. The Labute approximate surface area is 122 Å². The highest BCUT2D eigenvalue weighted by molar-refractivity contribution is 7.80. The lowest BCUT2D eigenvalue weighted by atomic mass is 10.3. The summed E-state index contributed by atoms with van der Waals surface area (Å²) in [7, 11) is 1.68. The second-order valence-electron chi connectivity index (χ2n) is 4.42. The lowest BCUT2D eigenvalue weighted by Crippen LogP contribution is -2.32. The Bertz CT molecular complexity index is 599. The average Bonchev–Trinajstić information content (AvgIpc) is 2.86. The second-order valence-corrected chi connectivity index (χ2v) is 4.95. The van der Waals surface area contributed by atoms with Crippen LogP contribution in [0.25, 0.3) is 5.78 Å². The van der Waals surface area contributed by atoms with Crippen molar-refractivity contribution in [3.05, 3.63) is 18.1 Å². The number of ether oxygens (including phenoxy) is 1. The summed E-state index contributed by atoms with van der Waals surface area (Å²) in [4.78, 5) is 11.1. The summed E-state index contributed by atoms with van der Waals surface area (Å²) >= 11 is 4.95. The van der Waals surface area contributed by atoms with Gasteiger partial charge in [-0.3, -0.25) is 0 Å². The number of thiocarbonyl (C=S) groups is 1. The van der Waals surface area contributed by atoms with Crippen LogP contribution < -0.4 is 10.6 Å². The molecule has 0 aromatic carbocycles. The lowest BCUT2D eigenvalue weighted by molar-refractivity contribution is 0.205. The van der Waals surface area contributed by atoms with E-state index in [4.69, 9.17) is 22.7 Å². The summed E-state index contributed by atoms with van der Waals surface area (Å²) < 4.78 is 6.87. The third-order valence-electron chi connectivity index (χ3n) is 2.88. The standard InChI is InChI=1S/C12H18N6OS/c1-9-7-11(18-12(16-9)14-8-15-18)17(5-6-19-2)4-3-10(13)20/h7-8H,3-6H2,1-2H3,(H2,13,20). The maximum Gasteiger partial charge on any atom is 0.254 e. The Kier molecular flexibility index (Phi) is 4.80. The van der Waals surface area contributed by atoms with E-state index in [1.807, 2.05) is 13.0 Å². The van der Waals surface area contributed by atoms with Gasteiger partial charge in [0.2, 0.25) is 0 Å². The maximum atomic E-state index is 5.60. The fourth-order valence-corrected chi connectivity index (χ4v) is 2.02. The highest BCUT2D eigenvalue weighted by Gasteiger charge is 2.13. The first-order valence-corrected chi connectivity index (χ1v) is 6.72. The molecule has 2 heterocycles. The topological polar surface area (TPSA) is 81.6 Å². The van der Waals surface area contributed by atoms with Crippen LogP contribution in [0.1, 0.15) is 12.1 Å². The summed E-state index contributed by atoms with van der Waals surface area (Å²) in [6.45, 7) is 3.96. The van der Waals surface area contributed by atoms with Crippen molar-refractivity contribution in [3.63, 3.8) is 0 Å². The second kappa shape index (κ2) is 6.58. The normalized spacial score (nSPS) is 10.9. The van der Waals surface area contributed by atoms with Gasteiger partial charge >= 0.3 is 0 Å². The van der Waals surface area contributed by atoms with Crippen molar-refractivity contribution in [2.24, 2.45) is 5.73 Å².